The van der Waals surface area contributed by atoms with Gasteiger partial charge in [-0.3, -0.25) is 9.13 Å². The van der Waals surface area contributed by atoms with Gasteiger partial charge in [0.15, 0.2) is 0 Å². The number of hydrogen-bond acceptors (Lipinski definition) is 2. The fraction of sp³-hybridized carbons (Fsp3) is 0. The maximum atomic E-state index is 6.59. The summed E-state index contributed by atoms with van der Waals surface area (Å²) in [7, 11) is -0.934. The molecule has 3 heterocycles. The molecule has 0 spiro atoms. The van der Waals surface area contributed by atoms with Crippen LogP contribution in [-0.2, 0) is 0 Å². The number of nitrogens with zero attached hydrogens (tertiary/aromatic N) is 3. The van der Waals surface area contributed by atoms with Gasteiger partial charge in [0, 0.05) is 56.2 Å². The van der Waals surface area contributed by atoms with E-state index in [0.29, 0.717) is 0 Å². The second kappa shape index (κ2) is 14.0. The zero-order valence-electron chi connectivity index (χ0n) is 30.6. The van der Waals surface area contributed by atoms with E-state index in [0.717, 1.165) is 55.7 Å². The Morgan fingerprint density at radius 1 is 0.500 bits per heavy atom. The Morgan fingerprint density at radius 3 is 1.71 bits per heavy atom. The number of hydrogen-bond donors (Lipinski definition) is 2. The molecule has 0 aliphatic carbocycles. The molecule has 7 aromatic carbocycles. The van der Waals surface area contributed by atoms with Crippen LogP contribution in [0.1, 0.15) is 0 Å². The van der Waals surface area contributed by atoms with Gasteiger partial charge in [-0.05, 0) is 72.8 Å². The minimum atomic E-state index is -0.934. The molecule has 0 bridgehead atoms. The van der Waals surface area contributed by atoms with Gasteiger partial charge in [-0.25, -0.2) is 0 Å². The van der Waals surface area contributed by atoms with Gasteiger partial charge in [-0.2, -0.15) is 0 Å². The molecule has 0 atom stereocenters. The summed E-state index contributed by atoms with van der Waals surface area (Å²) in [6, 6.07) is 65.4. The lowest BCUT2D eigenvalue weighted by Gasteiger charge is -2.22. The van der Waals surface area contributed by atoms with Gasteiger partial charge in [0.25, 0.3) is 0 Å². The summed E-state index contributed by atoms with van der Waals surface area (Å²) in [6.07, 6.45) is 7.30. The third kappa shape index (κ3) is 5.28. The summed E-state index contributed by atoms with van der Waals surface area (Å²) < 4.78 is 7.03. The number of rotatable bonds is 8. The molecule has 10 aromatic rings. The van der Waals surface area contributed by atoms with Crippen LogP contribution in [-0.4, -0.2) is 13.7 Å². The SMILES string of the molecule is N/C=C\C(=C/N)n1c2c(-c3cccc4c3ccn4-c3ccccc3)cccc2c2c3cccc(P(c4ccccc4)c4ccccc4)c3n(-c3ccccc3)c21. The van der Waals surface area contributed by atoms with E-state index in [9.17, 15) is 0 Å². The van der Waals surface area contributed by atoms with E-state index < -0.39 is 7.92 Å². The van der Waals surface area contributed by atoms with E-state index in [1.807, 2.05) is 6.08 Å². The minimum Gasteiger partial charge on any atom is -0.405 e. The standard InChI is InChI=1S/C50H38N5P/c51-32-30-37(34-52)55-48-42(40-24-14-28-45-41(40)31-33-53(45)35-16-5-1-6-17-35)25-13-26-43(48)47-44-27-15-29-46(49(44)54(50(47)55)36-18-7-2-8-19-36)56(38-20-9-3-10-21-38)39-22-11-4-12-23-39/h1-34H,51-52H2/b32-30-,37-34+. The van der Waals surface area contributed by atoms with Crippen molar-refractivity contribution >= 4 is 73.3 Å². The van der Waals surface area contributed by atoms with Crippen molar-refractivity contribution in [3.63, 3.8) is 0 Å². The number of fused-ring (bicyclic) bond motifs is 6. The maximum Gasteiger partial charge on any atom is 0.131 e. The molecule has 4 N–H and O–H groups in total. The average Bonchev–Trinajstić information content (AvgIpc) is 3.95. The van der Waals surface area contributed by atoms with Crippen LogP contribution >= 0.6 is 7.92 Å². The van der Waals surface area contributed by atoms with Gasteiger partial charge in [0.05, 0.1) is 22.2 Å². The first-order valence-electron chi connectivity index (χ1n) is 18.8. The van der Waals surface area contributed by atoms with Crippen LogP contribution in [0.3, 0.4) is 0 Å². The van der Waals surface area contributed by atoms with Crippen molar-refractivity contribution in [2.75, 3.05) is 0 Å². The van der Waals surface area contributed by atoms with Gasteiger partial charge in [0.2, 0.25) is 0 Å². The Morgan fingerprint density at radius 2 is 1.07 bits per heavy atom. The fourth-order valence-corrected chi connectivity index (χ4v) is 10.9. The van der Waals surface area contributed by atoms with Crippen molar-refractivity contribution in [3.05, 3.63) is 207 Å². The van der Waals surface area contributed by atoms with Crippen molar-refractivity contribution < 1.29 is 0 Å². The predicted octanol–water partition coefficient (Wildman–Crippen LogP) is 10.3. The largest absolute Gasteiger partial charge is 0.405 e. The van der Waals surface area contributed by atoms with Gasteiger partial charge in [0.1, 0.15) is 5.65 Å². The minimum absolute atomic E-state index is 0.781. The molecule has 0 amide bonds. The number of allylic oxidation sites excluding steroid dienone is 2. The van der Waals surface area contributed by atoms with Gasteiger partial charge < -0.3 is 16.0 Å². The molecule has 6 heteroatoms. The quantitative estimate of drug-likeness (QED) is 0.120. The molecule has 0 aliphatic rings. The highest BCUT2D eigenvalue weighted by Crippen LogP contribution is 2.47. The van der Waals surface area contributed by atoms with Gasteiger partial charge in [-0.15, -0.1) is 0 Å². The van der Waals surface area contributed by atoms with Crippen molar-refractivity contribution in [2.24, 2.45) is 11.5 Å². The highest BCUT2D eigenvalue weighted by Gasteiger charge is 2.29. The number of benzene rings is 7. The first-order valence-corrected chi connectivity index (χ1v) is 20.1. The fourth-order valence-electron chi connectivity index (χ4n) is 8.45. The maximum absolute atomic E-state index is 6.59. The molecular formula is C50H38N5P. The Hall–Kier alpha value is -7.07. The number of nitrogens with two attached hydrogens (primary N) is 2. The normalized spacial score (nSPS) is 12.3. The molecule has 268 valence electrons. The Kier molecular flexibility index (Phi) is 8.36. The molecule has 3 aromatic heterocycles. The molecule has 0 aliphatic heterocycles. The van der Waals surface area contributed by atoms with E-state index in [2.05, 4.69) is 202 Å². The van der Waals surface area contributed by atoms with E-state index in [1.54, 1.807) is 12.4 Å². The van der Waals surface area contributed by atoms with Crippen LogP contribution < -0.4 is 27.4 Å². The molecule has 0 radical (unpaired) electrons. The summed E-state index contributed by atoms with van der Waals surface area (Å²) in [5, 5.41) is 8.54. The van der Waals surface area contributed by atoms with Crippen molar-refractivity contribution in [1.82, 2.24) is 13.7 Å². The van der Waals surface area contributed by atoms with Crippen LogP contribution in [0.2, 0.25) is 0 Å². The smallest absolute Gasteiger partial charge is 0.131 e. The highest BCUT2D eigenvalue weighted by molar-refractivity contribution is 7.80. The third-order valence-electron chi connectivity index (χ3n) is 10.7. The lowest BCUT2D eigenvalue weighted by Crippen LogP contribution is -2.22. The van der Waals surface area contributed by atoms with E-state index in [1.165, 1.54) is 32.2 Å². The Balaban J connectivity index is 1.36. The molecule has 0 saturated carbocycles. The average molecular weight is 740 g/mol. The molecule has 5 nitrogen and oxygen atoms in total. The Bertz CT molecular complexity index is 3040. The molecule has 0 fully saturated rings. The van der Waals surface area contributed by atoms with E-state index in [-0.39, 0.29) is 0 Å². The molecule has 0 unspecified atom stereocenters. The molecule has 10 rings (SSSR count). The van der Waals surface area contributed by atoms with Gasteiger partial charge in [-0.1, -0.05) is 146 Å². The van der Waals surface area contributed by atoms with Crippen molar-refractivity contribution in [1.29, 1.82) is 0 Å². The zero-order valence-corrected chi connectivity index (χ0v) is 31.5. The molecular weight excluding hydrogens is 702 g/mol. The lowest BCUT2D eigenvalue weighted by atomic mass is 9.98. The summed E-state index contributed by atoms with van der Waals surface area (Å²) in [5.41, 5.74) is 22.4. The zero-order chi connectivity index (χ0) is 37.6. The van der Waals surface area contributed by atoms with Crippen LogP contribution in [0.5, 0.6) is 0 Å². The second-order valence-electron chi connectivity index (χ2n) is 13.8. The van der Waals surface area contributed by atoms with Crippen LogP contribution in [0.15, 0.2) is 207 Å². The molecule has 0 saturated heterocycles. The highest BCUT2D eigenvalue weighted by atomic mass is 31.1. The summed E-state index contributed by atoms with van der Waals surface area (Å²) in [5.74, 6) is 0. The van der Waals surface area contributed by atoms with Gasteiger partial charge >= 0.3 is 0 Å². The predicted molar refractivity (Wildman–Crippen MR) is 239 cm³/mol. The lowest BCUT2D eigenvalue weighted by molar-refractivity contribution is 1.09. The summed E-state index contributed by atoms with van der Waals surface area (Å²) in [4.78, 5) is 0. The Labute approximate surface area is 326 Å². The number of aromatic nitrogens is 3. The summed E-state index contributed by atoms with van der Waals surface area (Å²) >= 11 is 0. The molecule has 56 heavy (non-hydrogen) atoms. The van der Waals surface area contributed by atoms with Crippen molar-refractivity contribution in [3.8, 4) is 22.5 Å². The van der Waals surface area contributed by atoms with Crippen LogP contribution in [0, 0.1) is 0 Å². The van der Waals surface area contributed by atoms with Crippen LogP contribution in [0.4, 0.5) is 0 Å². The van der Waals surface area contributed by atoms with E-state index >= 15 is 0 Å². The van der Waals surface area contributed by atoms with Crippen molar-refractivity contribution in [2.45, 2.75) is 0 Å². The third-order valence-corrected chi connectivity index (χ3v) is 13.2. The monoisotopic (exact) mass is 739 g/mol. The second-order valence-corrected chi connectivity index (χ2v) is 16.0. The first kappa shape index (κ1) is 33.5. The number of para-hydroxylation sites is 4. The van der Waals surface area contributed by atoms with Crippen LogP contribution in [0.25, 0.3) is 71.9 Å². The van der Waals surface area contributed by atoms with E-state index in [4.69, 9.17) is 11.5 Å². The topological polar surface area (TPSA) is 66.8 Å². The summed E-state index contributed by atoms with van der Waals surface area (Å²) in [6.45, 7) is 0. The first-order chi connectivity index (χ1) is 27.8.